The minimum Gasteiger partial charge on any atom is -0.481 e. The van der Waals surface area contributed by atoms with Crippen LogP contribution in [0, 0.1) is 0 Å². The fourth-order valence-electron chi connectivity index (χ4n) is 3.94. The summed E-state index contributed by atoms with van der Waals surface area (Å²) in [5.41, 5.74) is 2.07. The van der Waals surface area contributed by atoms with Crippen LogP contribution in [-0.4, -0.2) is 53.9 Å². The lowest BCUT2D eigenvalue weighted by Crippen LogP contribution is -2.67. The molecule has 0 aliphatic carbocycles. The first-order valence-corrected chi connectivity index (χ1v) is 8.50. The molecular formula is C17H18N4O4. The molecule has 25 heavy (non-hydrogen) atoms. The number of benzene rings is 1. The van der Waals surface area contributed by atoms with Gasteiger partial charge in [0.2, 0.25) is 11.8 Å². The van der Waals surface area contributed by atoms with Gasteiger partial charge in [-0.25, -0.2) is 0 Å². The van der Waals surface area contributed by atoms with Crippen LogP contribution in [0.1, 0.15) is 28.8 Å². The second-order valence-corrected chi connectivity index (χ2v) is 7.15. The molecule has 1 atom stereocenters. The molecule has 2 fully saturated rings. The van der Waals surface area contributed by atoms with Crippen molar-refractivity contribution in [2.45, 2.75) is 31.0 Å². The van der Waals surface area contributed by atoms with Crippen molar-refractivity contribution in [1.82, 2.24) is 15.5 Å². The van der Waals surface area contributed by atoms with E-state index < -0.39 is 11.9 Å². The highest BCUT2D eigenvalue weighted by Crippen LogP contribution is 2.40. The number of hydrogen-bond acceptors (Lipinski definition) is 6. The fourth-order valence-corrected chi connectivity index (χ4v) is 3.94. The summed E-state index contributed by atoms with van der Waals surface area (Å²) in [5.74, 6) is -0.0851. The SMILES string of the molecule is O=C1CC[C@H](N2Cc3cc4c(cc3C2=O)NCC2(CNC2)O4)C(=O)N1. The zero-order chi connectivity index (χ0) is 17.2. The Hall–Kier alpha value is -2.61. The minimum absolute atomic E-state index is 0.167. The third kappa shape index (κ3) is 2.13. The van der Waals surface area contributed by atoms with Gasteiger partial charge in [-0.1, -0.05) is 0 Å². The Morgan fingerprint density at radius 2 is 2.00 bits per heavy atom. The van der Waals surface area contributed by atoms with E-state index in [4.69, 9.17) is 4.74 Å². The number of imide groups is 1. The van der Waals surface area contributed by atoms with Crippen LogP contribution < -0.4 is 20.7 Å². The maximum absolute atomic E-state index is 12.8. The van der Waals surface area contributed by atoms with E-state index in [1.54, 1.807) is 4.90 Å². The van der Waals surface area contributed by atoms with Crippen LogP contribution in [0.4, 0.5) is 5.69 Å². The third-order valence-electron chi connectivity index (χ3n) is 5.45. The first-order chi connectivity index (χ1) is 12.0. The van der Waals surface area contributed by atoms with Crippen LogP contribution in [0.25, 0.3) is 0 Å². The number of piperidine rings is 1. The van der Waals surface area contributed by atoms with Gasteiger partial charge >= 0.3 is 0 Å². The van der Waals surface area contributed by atoms with E-state index in [0.717, 1.165) is 30.1 Å². The van der Waals surface area contributed by atoms with E-state index >= 15 is 0 Å². The Labute approximate surface area is 143 Å². The number of fused-ring (bicyclic) bond motifs is 2. The second-order valence-electron chi connectivity index (χ2n) is 7.15. The number of rotatable bonds is 1. The second kappa shape index (κ2) is 4.95. The molecule has 4 aliphatic heterocycles. The van der Waals surface area contributed by atoms with Crippen LogP contribution in [0.3, 0.4) is 0 Å². The molecule has 1 spiro atoms. The van der Waals surface area contributed by atoms with Crippen molar-refractivity contribution in [2.75, 3.05) is 25.0 Å². The lowest BCUT2D eigenvalue weighted by atomic mass is 9.94. The summed E-state index contributed by atoms with van der Waals surface area (Å²) in [6, 6.07) is 3.13. The number of anilines is 1. The summed E-state index contributed by atoms with van der Waals surface area (Å²) in [6.45, 7) is 2.68. The zero-order valence-electron chi connectivity index (χ0n) is 13.6. The Morgan fingerprint density at radius 3 is 2.72 bits per heavy atom. The van der Waals surface area contributed by atoms with Crippen LogP contribution >= 0.6 is 0 Å². The fraction of sp³-hybridized carbons (Fsp3) is 0.471. The van der Waals surface area contributed by atoms with Gasteiger partial charge in [-0.05, 0) is 24.1 Å². The molecule has 130 valence electrons. The predicted molar refractivity (Wildman–Crippen MR) is 87.2 cm³/mol. The van der Waals surface area contributed by atoms with E-state index in [1.807, 2.05) is 12.1 Å². The number of amides is 3. The number of ether oxygens (including phenoxy) is 1. The first-order valence-electron chi connectivity index (χ1n) is 8.50. The van der Waals surface area contributed by atoms with Gasteiger partial charge in [0.05, 0.1) is 12.2 Å². The molecule has 0 saturated carbocycles. The Balaban J connectivity index is 1.43. The highest BCUT2D eigenvalue weighted by Gasteiger charge is 2.44. The molecule has 1 aromatic rings. The monoisotopic (exact) mass is 342 g/mol. The summed E-state index contributed by atoms with van der Waals surface area (Å²) >= 11 is 0. The molecule has 4 aliphatic rings. The molecule has 0 bridgehead atoms. The van der Waals surface area contributed by atoms with Crippen molar-refractivity contribution < 1.29 is 19.1 Å². The summed E-state index contributed by atoms with van der Waals surface area (Å²) in [4.78, 5) is 37.8. The normalized spacial score (nSPS) is 26.3. The van der Waals surface area contributed by atoms with Crippen molar-refractivity contribution >= 4 is 23.4 Å². The molecule has 8 heteroatoms. The van der Waals surface area contributed by atoms with E-state index in [2.05, 4.69) is 16.0 Å². The van der Waals surface area contributed by atoms with Gasteiger partial charge in [0.25, 0.3) is 5.91 Å². The lowest BCUT2D eigenvalue weighted by molar-refractivity contribution is -0.136. The van der Waals surface area contributed by atoms with Crippen LogP contribution in [0.5, 0.6) is 5.75 Å². The first kappa shape index (κ1) is 14.7. The van der Waals surface area contributed by atoms with Gasteiger partial charge in [0.15, 0.2) is 5.60 Å². The summed E-state index contributed by atoms with van der Waals surface area (Å²) in [5, 5.41) is 8.89. The summed E-state index contributed by atoms with van der Waals surface area (Å²) in [6.07, 6.45) is 0.626. The minimum atomic E-state index is -0.592. The number of nitrogens with one attached hydrogen (secondary N) is 3. The van der Waals surface area contributed by atoms with Crippen molar-refractivity contribution in [1.29, 1.82) is 0 Å². The molecule has 3 N–H and O–H groups in total. The topological polar surface area (TPSA) is 99.8 Å². The number of carbonyl (C=O) groups excluding carboxylic acids is 3. The van der Waals surface area contributed by atoms with Crippen LogP contribution in [0.15, 0.2) is 12.1 Å². The number of carbonyl (C=O) groups is 3. The lowest BCUT2D eigenvalue weighted by Gasteiger charge is -2.46. The average Bonchev–Trinajstić information content (AvgIpc) is 2.87. The van der Waals surface area contributed by atoms with E-state index in [9.17, 15) is 14.4 Å². The zero-order valence-corrected chi connectivity index (χ0v) is 13.6. The molecule has 1 aromatic carbocycles. The standard InChI is InChI=1S/C17H18N4O4/c22-14-2-1-12(15(23)20-14)21-5-9-3-13-11(4-10(9)16(21)24)19-8-17(25-13)6-18-7-17/h3-4,12,18-19H,1-2,5-8H2,(H,20,22,23)/t12-/m0/s1. The van der Waals surface area contributed by atoms with Crippen molar-refractivity contribution in [3.8, 4) is 5.75 Å². The average molecular weight is 342 g/mol. The highest BCUT2D eigenvalue weighted by molar-refractivity contribution is 6.06. The van der Waals surface area contributed by atoms with Gasteiger partial charge in [-0.2, -0.15) is 0 Å². The smallest absolute Gasteiger partial charge is 0.255 e. The van der Waals surface area contributed by atoms with E-state index in [-0.39, 0.29) is 23.8 Å². The largest absolute Gasteiger partial charge is 0.481 e. The molecule has 5 rings (SSSR count). The highest BCUT2D eigenvalue weighted by atomic mass is 16.5. The van der Waals surface area contributed by atoms with Gasteiger partial charge in [0.1, 0.15) is 11.8 Å². The van der Waals surface area contributed by atoms with Crippen molar-refractivity contribution in [3.05, 3.63) is 23.3 Å². The maximum Gasteiger partial charge on any atom is 0.255 e. The number of nitrogens with zero attached hydrogens (tertiary/aromatic N) is 1. The Kier molecular flexibility index (Phi) is 2.91. The van der Waals surface area contributed by atoms with Crippen LogP contribution in [-0.2, 0) is 16.1 Å². The van der Waals surface area contributed by atoms with E-state index in [0.29, 0.717) is 25.1 Å². The molecule has 0 radical (unpaired) electrons. The molecule has 8 nitrogen and oxygen atoms in total. The molecule has 3 amide bonds. The molecule has 0 aromatic heterocycles. The van der Waals surface area contributed by atoms with Crippen LogP contribution in [0.2, 0.25) is 0 Å². The molecule has 0 unspecified atom stereocenters. The quantitative estimate of drug-likeness (QED) is 0.600. The summed E-state index contributed by atoms with van der Waals surface area (Å²) < 4.78 is 6.15. The van der Waals surface area contributed by atoms with Crippen molar-refractivity contribution in [2.24, 2.45) is 0 Å². The number of hydrogen-bond donors (Lipinski definition) is 3. The molecular weight excluding hydrogens is 324 g/mol. The molecule has 2 saturated heterocycles. The predicted octanol–water partition coefficient (Wildman–Crippen LogP) is -0.406. The van der Waals surface area contributed by atoms with Gasteiger partial charge in [-0.3, -0.25) is 19.7 Å². The van der Waals surface area contributed by atoms with E-state index in [1.165, 1.54) is 0 Å². The Bertz CT molecular complexity index is 817. The van der Waals surface area contributed by atoms with Crippen molar-refractivity contribution in [3.63, 3.8) is 0 Å². The molecule has 4 heterocycles. The van der Waals surface area contributed by atoms with Gasteiger partial charge in [-0.15, -0.1) is 0 Å². The van der Waals surface area contributed by atoms with Gasteiger partial charge in [0, 0.05) is 31.6 Å². The summed E-state index contributed by atoms with van der Waals surface area (Å²) in [7, 11) is 0. The maximum atomic E-state index is 12.8. The Morgan fingerprint density at radius 1 is 1.16 bits per heavy atom. The van der Waals surface area contributed by atoms with Gasteiger partial charge < -0.3 is 20.3 Å². The third-order valence-corrected chi connectivity index (χ3v) is 5.45.